The van der Waals surface area contributed by atoms with Crippen LogP contribution in [0.5, 0.6) is 0 Å². The molecule has 2 aromatic heterocycles. The number of ketones is 3. The fraction of sp³-hybridized carbons (Fsp3) is 0.581. The predicted octanol–water partition coefficient (Wildman–Crippen LogP) is 11.9. The number of aromatic nitrogens is 1. The van der Waals surface area contributed by atoms with Crippen molar-refractivity contribution >= 4 is 28.4 Å². The number of carbonyl (C=O) groups is 3. The smallest absolute Gasteiger partial charge is 0.198 e. The molecule has 0 aromatic carbocycles. The minimum Gasteiger partial charge on any atom is -0.451 e. The van der Waals surface area contributed by atoms with Crippen LogP contribution in [0, 0.1) is 22.7 Å². The van der Waals surface area contributed by atoms with Crippen molar-refractivity contribution < 1.29 is 20.2 Å². The van der Waals surface area contributed by atoms with E-state index in [0.717, 1.165) is 60.0 Å². The first-order valence-electron chi connectivity index (χ1n) is 17.6. The van der Waals surface area contributed by atoms with Gasteiger partial charge in [0.15, 0.2) is 22.9 Å². The Bertz CT molecular complexity index is 1620. The lowest BCUT2D eigenvalue weighted by Crippen LogP contribution is -2.36. The molecule has 0 spiro atoms. The van der Waals surface area contributed by atoms with E-state index in [-0.39, 0.29) is 49.9 Å². The standard InChI is InChI=1S/C42H57NO4.CH4.H2/c1-12-35(44)28(4)26(2)13-14-27(3)29-15-17-31(42(10,11)38(46)18-16-29)23-36(45)37-25-34-39(47-37)32(40(5,6)7)24-33(43-34)30-19-21-41(8,9)22-20-30;;/h12-14,24-25,29-31H,1,4,15-23H2,2-3,5-11H3;1H4;1H/b26-13-,27-14+;;. The quantitative estimate of drug-likeness (QED) is 0.152. The molecule has 0 radical (unpaired) electrons. The van der Waals surface area contributed by atoms with Gasteiger partial charge in [0.05, 0.1) is 0 Å². The van der Waals surface area contributed by atoms with E-state index in [9.17, 15) is 14.4 Å². The van der Waals surface area contributed by atoms with Crippen molar-refractivity contribution in [3.8, 4) is 0 Å². The monoisotopic (exact) mass is 657 g/mol. The van der Waals surface area contributed by atoms with E-state index >= 15 is 0 Å². The first-order valence-corrected chi connectivity index (χ1v) is 17.6. The summed E-state index contributed by atoms with van der Waals surface area (Å²) in [7, 11) is 0. The number of allylic oxidation sites excluding steroid dienone is 6. The molecule has 48 heavy (non-hydrogen) atoms. The molecule has 0 saturated heterocycles. The Morgan fingerprint density at radius 3 is 2.27 bits per heavy atom. The lowest BCUT2D eigenvalue weighted by Gasteiger charge is -2.36. The number of nitrogens with zero attached hydrogens (tertiary/aromatic N) is 1. The van der Waals surface area contributed by atoms with E-state index in [1.807, 2.05) is 39.0 Å². The van der Waals surface area contributed by atoms with Crippen molar-refractivity contribution in [3.63, 3.8) is 0 Å². The van der Waals surface area contributed by atoms with Crippen molar-refractivity contribution in [1.82, 2.24) is 4.98 Å². The molecule has 5 heteroatoms. The zero-order valence-electron chi connectivity index (χ0n) is 30.5. The number of Topliss-reactive ketones (excluding diaryl/α,β-unsaturated/α-hetero) is 2. The van der Waals surface area contributed by atoms with Crippen molar-refractivity contribution in [1.29, 1.82) is 0 Å². The van der Waals surface area contributed by atoms with Gasteiger partial charge in [0.2, 0.25) is 0 Å². The third-order valence-corrected chi connectivity index (χ3v) is 11.3. The minimum absolute atomic E-state index is 0. The van der Waals surface area contributed by atoms with Crippen molar-refractivity contribution in [3.05, 3.63) is 77.3 Å². The second-order valence-electron chi connectivity index (χ2n) is 16.7. The molecule has 2 fully saturated rings. The van der Waals surface area contributed by atoms with Gasteiger partial charge in [-0.1, -0.05) is 86.8 Å². The number of hydrogen-bond acceptors (Lipinski definition) is 5. The summed E-state index contributed by atoms with van der Waals surface area (Å²) in [5, 5.41) is 0. The molecular formula is C43H63NO4. The first kappa shape index (κ1) is 39.1. The van der Waals surface area contributed by atoms with E-state index < -0.39 is 5.41 Å². The molecule has 4 rings (SSSR count). The fourth-order valence-corrected chi connectivity index (χ4v) is 7.35. The van der Waals surface area contributed by atoms with Crippen LogP contribution in [-0.2, 0) is 15.0 Å². The Morgan fingerprint density at radius 2 is 1.67 bits per heavy atom. The van der Waals surface area contributed by atoms with Gasteiger partial charge >= 0.3 is 0 Å². The molecule has 5 nitrogen and oxygen atoms in total. The van der Waals surface area contributed by atoms with Crippen molar-refractivity contribution in [2.24, 2.45) is 22.7 Å². The third kappa shape index (κ3) is 8.81. The molecule has 264 valence electrons. The van der Waals surface area contributed by atoms with Crippen LogP contribution in [0.4, 0.5) is 0 Å². The Morgan fingerprint density at radius 1 is 1.02 bits per heavy atom. The number of furan rings is 1. The SMILES string of the molecule is C.C=CC(=O)C(=C)/C(C)=C\C=C(/C)C1CCC(=O)C(C)(C)C(CC(=O)c2cc3nc(C4CCC(C)(C)CC4)cc(C(C)(C)C)c3o2)CC1.[HH]. The van der Waals surface area contributed by atoms with Gasteiger partial charge in [-0.15, -0.1) is 0 Å². The van der Waals surface area contributed by atoms with Crippen LogP contribution in [0.1, 0.15) is 157 Å². The lowest BCUT2D eigenvalue weighted by molar-refractivity contribution is -0.131. The third-order valence-electron chi connectivity index (χ3n) is 11.3. The number of hydrogen-bond donors (Lipinski definition) is 0. The normalized spacial score (nSPS) is 22.4. The molecule has 0 bridgehead atoms. The van der Waals surface area contributed by atoms with E-state index in [4.69, 9.17) is 9.40 Å². The molecule has 0 aliphatic heterocycles. The number of pyridine rings is 1. The van der Waals surface area contributed by atoms with Crippen LogP contribution >= 0.6 is 0 Å². The Balaban J connectivity index is 0.00000417. The summed E-state index contributed by atoms with van der Waals surface area (Å²) in [4.78, 5) is 44.5. The van der Waals surface area contributed by atoms with Crippen LogP contribution in [0.2, 0.25) is 0 Å². The lowest BCUT2D eigenvalue weighted by atomic mass is 9.66. The van der Waals surface area contributed by atoms with Crippen LogP contribution in [0.3, 0.4) is 0 Å². The molecule has 2 aromatic rings. The van der Waals surface area contributed by atoms with Crippen molar-refractivity contribution in [2.45, 2.75) is 139 Å². The number of rotatable bonds is 9. The van der Waals surface area contributed by atoms with Crippen LogP contribution in [0.25, 0.3) is 11.1 Å². The molecular weight excluding hydrogens is 594 g/mol. The van der Waals surface area contributed by atoms with Crippen LogP contribution < -0.4 is 0 Å². The van der Waals surface area contributed by atoms with Gasteiger partial charge in [-0.2, -0.15) is 0 Å². The van der Waals surface area contributed by atoms with Gasteiger partial charge < -0.3 is 4.42 Å². The Kier molecular flexibility index (Phi) is 12.3. The highest BCUT2D eigenvalue weighted by Crippen LogP contribution is 2.45. The molecule has 2 atom stereocenters. The summed E-state index contributed by atoms with van der Waals surface area (Å²) < 4.78 is 6.36. The van der Waals surface area contributed by atoms with Crippen LogP contribution in [-0.4, -0.2) is 22.3 Å². The number of carbonyl (C=O) groups excluding carboxylic acids is 3. The Hall–Kier alpha value is -3.34. The van der Waals surface area contributed by atoms with Gasteiger partial charge in [-0.05, 0) is 99.2 Å². The van der Waals surface area contributed by atoms with Gasteiger partial charge in [-0.3, -0.25) is 14.4 Å². The first-order chi connectivity index (χ1) is 21.8. The molecule has 2 aliphatic rings. The minimum atomic E-state index is -0.611. The van der Waals surface area contributed by atoms with E-state index in [2.05, 4.69) is 60.8 Å². The second-order valence-corrected chi connectivity index (χ2v) is 16.7. The number of fused-ring (bicyclic) bond motifs is 1. The molecule has 2 saturated carbocycles. The molecule has 0 amide bonds. The van der Waals surface area contributed by atoms with Crippen LogP contribution in [0.15, 0.2) is 64.7 Å². The second kappa shape index (κ2) is 15.0. The summed E-state index contributed by atoms with van der Waals surface area (Å²) in [5.41, 5.74) is 5.66. The fourth-order valence-electron chi connectivity index (χ4n) is 7.35. The average Bonchev–Trinajstić information content (AvgIpc) is 3.44. The van der Waals surface area contributed by atoms with E-state index in [1.54, 1.807) is 0 Å². The highest BCUT2D eigenvalue weighted by atomic mass is 16.3. The molecule has 2 heterocycles. The highest BCUT2D eigenvalue weighted by Gasteiger charge is 2.40. The molecule has 0 N–H and O–H groups in total. The summed E-state index contributed by atoms with van der Waals surface area (Å²) >= 11 is 0. The van der Waals surface area contributed by atoms with Gasteiger partial charge in [0.1, 0.15) is 11.3 Å². The topological polar surface area (TPSA) is 77.2 Å². The van der Waals surface area contributed by atoms with E-state index in [1.165, 1.54) is 18.9 Å². The van der Waals surface area contributed by atoms with Crippen molar-refractivity contribution in [2.75, 3.05) is 0 Å². The largest absolute Gasteiger partial charge is 0.451 e. The highest BCUT2D eigenvalue weighted by molar-refractivity contribution is 6.06. The summed E-state index contributed by atoms with van der Waals surface area (Å²) in [6.07, 6.45) is 13.0. The van der Waals surface area contributed by atoms with Gasteiger partial charge in [0, 0.05) is 48.5 Å². The Labute approximate surface area is 291 Å². The predicted molar refractivity (Wildman–Crippen MR) is 202 cm³/mol. The summed E-state index contributed by atoms with van der Waals surface area (Å²) in [6, 6.07) is 4.07. The molecule has 2 unspecified atom stereocenters. The van der Waals surface area contributed by atoms with E-state index in [0.29, 0.717) is 34.7 Å². The maximum Gasteiger partial charge on any atom is 0.198 e. The van der Waals surface area contributed by atoms with Gasteiger partial charge in [0.25, 0.3) is 0 Å². The maximum atomic E-state index is 13.9. The zero-order valence-corrected chi connectivity index (χ0v) is 30.5. The summed E-state index contributed by atoms with van der Waals surface area (Å²) in [5.74, 6) is 0.822. The molecule has 2 aliphatic carbocycles. The average molecular weight is 658 g/mol. The zero-order chi connectivity index (χ0) is 34.9. The summed E-state index contributed by atoms with van der Waals surface area (Å²) in [6.45, 7) is 26.6. The maximum absolute atomic E-state index is 13.9. The van der Waals surface area contributed by atoms with Gasteiger partial charge in [-0.25, -0.2) is 4.98 Å².